The molecule has 0 unspecified atom stereocenters. The molecule has 0 bridgehead atoms. The molecule has 3 heteroatoms. The zero-order chi connectivity index (χ0) is 19.5. The summed E-state index contributed by atoms with van der Waals surface area (Å²) in [5.41, 5.74) is 2.33. The lowest BCUT2D eigenvalue weighted by Crippen LogP contribution is -1.91. The van der Waals surface area contributed by atoms with Crippen LogP contribution in [-0.2, 0) is 0 Å². The van der Waals surface area contributed by atoms with Gasteiger partial charge in [-0.05, 0) is 57.4 Å². The van der Waals surface area contributed by atoms with Crippen molar-refractivity contribution in [3.05, 3.63) is 83.9 Å². The predicted octanol–water partition coefficient (Wildman–Crippen LogP) is 6.07. The van der Waals surface area contributed by atoms with Gasteiger partial charge in [-0.25, -0.2) is 0 Å². The van der Waals surface area contributed by atoms with Crippen LogP contribution in [0.25, 0.3) is 33.2 Å². The summed E-state index contributed by atoms with van der Waals surface area (Å²) >= 11 is 0. The van der Waals surface area contributed by atoms with E-state index in [9.17, 15) is 5.26 Å². The lowest BCUT2D eigenvalue weighted by Gasteiger charge is -2.11. The number of allylic oxidation sites excluding steroid dienone is 1. The maximum atomic E-state index is 9.87. The standard InChI is InChI=1S/C25H19NO2/c1-27-22-11-9-18-10-12-25(28-2)24(23(18)15-22)14-21(16-26)20-8-7-17-5-3-4-6-19(17)13-20/h3-15H,1-2H3/b21-14-. The van der Waals surface area contributed by atoms with Crippen LogP contribution in [0.5, 0.6) is 11.5 Å². The van der Waals surface area contributed by atoms with Gasteiger partial charge < -0.3 is 9.47 Å². The van der Waals surface area contributed by atoms with E-state index in [0.717, 1.165) is 38.4 Å². The van der Waals surface area contributed by atoms with Gasteiger partial charge in [0.2, 0.25) is 0 Å². The van der Waals surface area contributed by atoms with E-state index in [1.54, 1.807) is 14.2 Å². The highest BCUT2D eigenvalue weighted by Gasteiger charge is 2.11. The molecule has 0 spiro atoms. The van der Waals surface area contributed by atoms with Crippen molar-refractivity contribution < 1.29 is 9.47 Å². The van der Waals surface area contributed by atoms with Crippen molar-refractivity contribution in [1.29, 1.82) is 5.26 Å². The van der Waals surface area contributed by atoms with Gasteiger partial charge in [0.05, 0.1) is 25.9 Å². The Hall–Kier alpha value is -3.77. The molecule has 0 amide bonds. The summed E-state index contributed by atoms with van der Waals surface area (Å²) in [6, 6.07) is 26.4. The molecule has 4 aromatic rings. The molecule has 0 radical (unpaired) electrons. The van der Waals surface area contributed by atoms with Crippen molar-refractivity contribution in [3.8, 4) is 17.6 Å². The number of methoxy groups -OCH3 is 2. The Morgan fingerprint density at radius 1 is 0.821 bits per heavy atom. The zero-order valence-corrected chi connectivity index (χ0v) is 15.8. The van der Waals surface area contributed by atoms with Gasteiger partial charge in [0.15, 0.2) is 0 Å². The van der Waals surface area contributed by atoms with E-state index in [2.05, 4.69) is 18.2 Å². The smallest absolute Gasteiger partial charge is 0.126 e. The molecular formula is C25H19NO2. The van der Waals surface area contributed by atoms with Crippen LogP contribution in [0.15, 0.2) is 72.8 Å². The number of fused-ring (bicyclic) bond motifs is 2. The number of nitriles is 1. The SMILES string of the molecule is COc1ccc2ccc(OC)c(/C=C(/C#N)c3ccc4ccccc4c3)c2c1. The van der Waals surface area contributed by atoms with Gasteiger partial charge in [0.25, 0.3) is 0 Å². The molecule has 4 rings (SSSR count). The van der Waals surface area contributed by atoms with Crippen LogP contribution >= 0.6 is 0 Å². The molecule has 0 aromatic heterocycles. The van der Waals surface area contributed by atoms with E-state index >= 15 is 0 Å². The van der Waals surface area contributed by atoms with Gasteiger partial charge in [-0.15, -0.1) is 0 Å². The molecule has 28 heavy (non-hydrogen) atoms. The normalized spacial score (nSPS) is 11.4. The van der Waals surface area contributed by atoms with E-state index in [1.807, 2.05) is 66.7 Å². The van der Waals surface area contributed by atoms with E-state index in [0.29, 0.717) is 11.3 Å². The fourth-order valence-electron chi connectivity index (χ4n) is 3.44. The topological polar surface area (TPSA) is 42.2 Å². The highest BCUT2D eigenvalue weighted by Crippen LogP contribution is 2.34. The molecule has 3 nitrogen and oxygen atoms in total. The number of hydrogen-bond donors (Lipinski definition) is 0. The fourth-order valence-corrected chi connectivity index (χ4v) is 3.44. The van der Waals surface area contributed by atoms with Crippen LogP contribution in [0.2, 0.25) is 0 Å². The van der Waals surface area contributed by atoms with Crippen LogP contribution in [0.4, 0.5) is 0 Å². The van der Waals surface area contributed by atoms with Crippen molar-refractivity contribution in [3.63, 3.8) is 0 Å². The van der Waals surface area contributed by atoms with Crippen LogP contribution < -0.4 is 9.47 Å². The predicted molar refractivity (Wildman–Crippen MR) is 114 cm³/mol. The van der Waals surface area contributed by atoms with Crippen molar-refractivity contribution in [2.24, 2.45) is 0 Å². The second kappa shape index (κ2) is 7.46. The summed E-state index contributed by atoms with van der Waals surface area (Å²) < 4.78 is 11.0. The average molecular weight is 365 g/mol. The Morgan fingerprint density at radius 3 is 2.32 bits per heavy atom. The molecular weight excluding hydrogens is 346 g/mol. The van der Waals surface area contributed by atoms with Gasteiger partial charge in [0.1, 0.15) is 11.5 Å². The van der Waals surface area contributed by atoms with Crippen LogP contribution in [0, 0.1) is 11.3 Å². The maximum absolute atomic E-state index is 9.87. The quantitative estimate of drug-likeness (QED) is 0.325. The highest BCUT2D eigenvalue weighted by molar-refractivity contribution is 6.02. The summed E-state index contributed by atoms with van der Waals surface area (Å²) in [6.45, 7) is 0. The molecule has 0 aliphatic heterocycles. The summed E-state index contributed by atoms with van der Waals surface area (Å²) in [5.74, 6) is 1.48. The first-order chi connectivity index (χ1) is 13.7. The molecule has 136 valence electrons. The van der Waals surface area contributed by atoms with Crippen LogP contribution in [-0.4, -0.2) is 14.2 Å². The minimum atomic E-state index is 0.583. The number of benzene rings is 4. The number of hydrogen-bond acceptors (Lipinski definition) is 3. The Bertz CT molecular complexity index is 1240. The second-order valence-corrected chi connectivity index (χ2v) is 6.50. The summed E-state index contributed by atoms with van der Waals surface area (Å²) in [4.78, 5) is 0. The van der Waals surface area contributed by atoms with Gasteiger partial charge in [0, 0.05) is 5.56 Å². The zero-order valence-electron chi connectivity index (χ0n) is 15.8. The number of nitrogens with zero attached hydrogens (tertiary/aromatic N) is 1. The Labute approximate surface area is 164 Å². The fraction of sp³-hybridized carbons (Fsp3) is 0.0800. The minimum Gasteiger partial charge on any atom is -0.497 e. The van der Waals surface area contributed by atoms with Crippen molar-refractivity contribution >= 4 is 33.2 Å². The Balaban J connectivity index is 1.93. The minimum absolute atomic E-state index is 0.583. The first kappa shape index (κ1) is 17.6. The van der Waals surface area contributed by atoms with E-state index < -0.39 is 0 Å². The largest absolute Gasteiger partial charge is 0.497 e. The first-order valence-electron chi connectivity index (χ1n) is 8.99. The number of ether oxygens (including phenoxy) is 2. The van der Waals surface area contributed by atoms with Crippen molar-refractivity contribution in [1.82, 2.24) is 0 Å². The molecule has 0 saturated carbocycles. The van der Waals surface area contributed by atoms with E-state index in [4.69, 9.17) is 9.47 Å². The van der Waals surface area contributed by atoms with Crippen molar-refractivity contribution in [2.45, 2.75) is 0 Å². The van der Waals surface area contributed by atoms with Gasteiger partial charge in [-0.1, -0.05) is 48.5 Å². The molecule has 0 heterocycles. The Morgan fingerprint density at radius 2 is 1.57 bits per heavy atom. The van der Waals surface area contributed by atoms with Gasteiger partial charge >= 0.3 is 0 Å². The Kier molecular flexibility index (Phi) is 4.70. The van der Waals surface area contributed by atoms with Gasteiger partial charge in [-0.3, -0.25) is 0 Å². The second-order valence-electron chi connectivity index (χ2n) is 6.50. The lowest BCUT2D eigenvalue weighted by molar-refractivity contribution is 0.413. The third-order valence-electron chi connectivity index (χ3n) is 4.92. The maximum Gasteiger partial charge on any atom is 0.126 e. The molecule has 0 N–H and O–H groups in total. The monoisotopic (exact) mass is 365 g/mol. The molecule has 0 fully saturated rings. The highest BCUT2D eigenvalue weighted by atomic mass is 16.5. The molecule has 4 aromatic carbocycles. The number of rotatable bonds is 4. The van der Waals surface area contributed by atoms with E-state index in [-0.39, 0.29) is 0 Å². The average Bonchev–Trinajstić information content (AvgIpc) is 2.76. The summed E-state index contributed by atoms with van der Waals surface area (Å²) in [6.07, 6.45) is 1.89. The summed E-state index contributed by atoms with van der Waals surface area (Å²) in [7, 11) is 3.29. The van der Waals surface area contributed by atoms with E-state index in [1.165, 1.54) is 0 Å². The lowest BCUT2D eigenvalue weighted by atomic mass is 9.97. The molecule has 0 saturated heterocycles. The first-order valence-corrected chi connectivity index (χ1v) is 8.99. The third-order valence-corrected chi connectivity index (χ3v) is 4.92. The van der Waals surface area contributed by atoms with Crippen molar-refractivity contribution in [2.75, 3.05) is 14.2 Å². The van der Waals surface area contributed by atoms with Gasteiger partial charge in [-0.2, -0.15) is 5.26 Å². The molecule has 0 atom stereocenters. The third kappa shape index (κ3) is 3.17. The summed E-state index contributed by atoms with van der Waals surface area (Å²) in [5, 5.41) is 14.2. The molecule has 0 aliphatic rings. The van der Waals surface area contributed by atoms with Crippen LogP contribution in [0.3, 0.4) is 0 Å². The molecule has 0 aliphatic carbocycles. The van der Waals surface area contributed by atoms with Crippen LogP contribution in [0.1, 0.15) is 11.1 Å².